The van der Waals surface area contributed by atoms with Crippen molar-refractivity contribution in [3.05, 3.63) is 0 Å². The van der Waals surface area contributed by atoms with Crippen molar-refractivity contribution in [3.63, 3.8) is 0 Å². The summed E-state index contributed by atoms with van der Waals surface area (Å²) in [7, 11) is -16.4. The second kappa shape index (κ2) is 12.3. The standard InChI is InChI=1S/C20H44O6S3Si/c1-7-8-9-10-11-12-13-14-15-16-17-18-19-30(5,6)20(27(2,21)22,28(3,23)24)29(4,25)26/h7-19H2,1-6H3. The molecule has 0 aromatic heterocycles. The maximum atomic E-state index is 12.6. The molecule has 0 rings (SSSR count). The van der Waals surface area contributed by atoms with Gasteiger partial charge in [-0.15, -0.1) is 0 Å². The molecular formula is C20H44O6S3Si. The lowest BCUT2D eigenvalue weighted by molar-refractivity contribution is 0.547. The van der Waals surface area contributed by atoms with Gasteiger partial charge in [0.25, 0.3) is 3.03 Å². The first-order valence-electron chi connectivity index (χ1n) is 11.1. The molecule has 0 aliphatic rings. The van der Waals surface area contributed by atoms with Gasteiger partial charge in [0.2, 0.25) is 0 Å². The normalized spacial score (nSPS) is 14.2. The molecule has 0 N–H and O–H groups in total. The predicted octanol–water partition coefficient (Wildman–Crippen LogP) is 4.72. The van der Waals surface area contributed by atoms with E-state index in [0.29, 0.717) is 12.5 Å². The van der Waals surface area contributed by atoms with Crippen molar-refractivity contribution in [2.75, 3.05) is 18.8 Å². The molecule has 0 saturated carbocycles. The maximum absolute atomic E-state index is 12.6. The van der Waals surface area contributed by atoms with E-state index in [-0.39, 0.29) is 0 Å². The fourth-order valence-electron chi connectivity index (χ4n) is 4.89. The van der Waals surface area contributed by atoms with Crippen molar-refractivity contribution in [1.82, 2.24) is 0 Å². The van der Waals surface area contributed by atoms with E-state index in [1.165, 1.54) is 51.4 Å². The summed E-state index contributed by atoms with van der Waals surface area (Å²) in [5, 5.41) is 0. The van der Waals surface area contributed by atoms with Crippen molar-refractivity contribution >= 4 is 37.6 Å². The number of sulfone groups is 3. The summed E-state index contributed by atoms with van der Waals surface area (Å²) in [5.74, 6) is 0. The summed E-state index contributed by atoms with van der Waals surface area (Å²) < 4.78 is 72.8. The van der Waals surface area contributed by atoms with Crippen molar-refractivity contribution < 1.29 is 25.3 Å². The molecule has 10 heteroatoms. The first kappa shape index (κ1) is 30.1. The lowest BCUT2D eigenvalue weighted by Crippen LogP contribution is -2.67. The lowest BCUT2D eigenvalue weighted by Gasteiger charge is -2.40. The van der Waals surface area contributed by atoms with Gasteiger partial charge in [0.05, 0.1) is 0 Å². The molecule has 0 amide bonds. The third-order valence-corrected chi connectivity index (χ3v) is 25.9. The first-order valence-corrected chi connectivity index (χ1v) is 20.0. The van der Waals surface area contributed by atoms with Crippen LogP contribution in [0.5, 0.6) is 0 Å². The molecule has 0 atom stereocenters. The molecule has 6 nitrogen and oxygen atoms in total. The Morgan fingerprint density at radius 1 is 0.533 bits per heavy atom. The van der Waals surface area contributed by atoms with Crippen molar-refractivity contribution in [2.45, 2.75) is 106 Å². The Hall–Kier alpha value is 0.0669. The fraction of sp³-hybridized carbons (Fsp3) is 1.00. The van der Waals surface area contributed by atoms with Crippen molar-refractivity contribution in [1.29, 1.82) is 0 Å². The van der Waals surface area contributed by atoms with Crippen LogP contribution in [0.4, 0.5) is 0 Å². The molecule has 0 aromatic carbocycles. The highest BCUT2D eigenvalue weighted by Crippen LogP contribution is 2.42. The van der Waals surface area contributed by atoms with Crippen molar-refractivity contribution in [2.24, 2.45) is 0 Å². The molecule has 30 heavy (non-hydrogen) atoms. The highest BCUT2D eigenvalue weighted by atomic mass is 32.3. The Morgan fingerprint density at radius 2 is 0.800 bits per heavy atom. The fourth-order valence-corrected chi connectivity index (χ4v) is 25.9. The minimum atomic E-state index is -4.38. The Bertz CT molecular complexity index is 736. The van der Waals surface area contributed by atoms with Gasteiger partial charge in [0.15, 0.2) is 29.5 Å². The van der Waals surface area contributed by atoms with Gasteiger partial charge in [-0.1, -0.05) is 103 Å². The average Bonchev–Trinajstić information content (AvgIpc) is 2.51. The zero-order valence-corrected chi connectivity index (χ0v) is 23.3. The quantitative estimate of drug-likeness (QED) is 0.210. The van der Waals surface area contributed by atoms with Crippen LogP contribution in [0, 0.1) is 0 Å². The van der Waals surface area contributed by atoms with Gasteiger partial charge in [-0.05, 0) is 0 Å². The zero-order valence-electron chi connectivity index (χ0n) is 19.9. The molecule has 0 aliphatic heterocycles. The number of hydrogen-bond acceptors (Lipinski definition) is 6. The van der Waals surface area contributed by atoms with E-state index < -0.39 is 40.6 Å². The molecular weight excluding hydrogens is 461 g/mol. The van der Waals surface area contributed by atoms with Gasteiger partial charge in [-0.25, -0.2) is 25.3 Å². The van der Waals surface area contributed by atoms with E-state index in [4.69, 9.17) is 0 Å². The molecule has 0 radical (unpaired) electrons. The summed E-state index contributed by atoms with van der Waals surface area (Å²) >= 11 is 0. The molecule has 0 spiro atoms. The Labute approximate surface area is 187 Å². The minimum absolute atomic E-state index is 0.345. The highest BCUT2D eigenvalue weighted by Gasteiger charge is 2.68. The van der Waals surface area contributed by atoms with Crippen LogP contribution in [0.25, 0.3) is 0 Å². The van der Waals surface area contributed by atoms with Crippen LogP contribution in [0.2, 0.25) is 19.1 Å². The van der Waals surface area contributed by atoms with E-state index in [0.717, 1.165) is 38.0 Å². The molecule has 182 valence electrons. The summed E-state index contributed by atoms with van der Waals surface area (Å²) in [6, 6.07) is 0.345. The van der Waals surface area contributed by atoms with Crippen LogP contribution in [-0.4, -0.2) is 55.1 Å². The van der Waals surface area contributed by atoms with Crippen LogP contribution in [0.3, 0.4) is 0 Å². The number of rotatable bonds is 17. The summed E-state index contributed by atoms with van der Waals surface area (Å²) in [6.45, 7) is 5.37. The molecule has 0 unspecified atom stereocenters. The first-order chi connectivity index (χ1) is 13.6. The van der Waals surface area contributed by atoms with Gasteiger partial charge in [-0.3, -0.25) is 0 Å². The molecule has 0 fully saturated rings. The molecule has 0 heterocycles. The van der Waals surface area contributed by atoms with Crippen LogP contribution in [-0.2, 0) is 29.5 Å². The van der Waals surface area contributed by atoms with Crippen molar-refractivity contribution in [3.8, 4) is 0 Å². The second-order valence-corrected chi connectivity index (χ2v) is 22.7. The third kappa shape index (κ3) is 7.88. The van der Waals surface area contributed by atoms with E-state index in [9.17, 15) is 25.3 Å². The number of hydrogen-bond donors (Lipinski definition) is 0. The minimum Gasteiger partial charge on any atom is -0.227 e. The lowest BCUT2D eigenvalue weighted by atomic mass is 10.1. The van der Waals surface area contributed by atoms with E-state index in [1.807, 2.05) is 0 Å². The van der Waals surface area contributed by atoms with Crippen LogP contribution >= 0.6 is 0 Å². The van der Waals surface area contributed by atoms with E-state index in [2.05, 4.69) is 6.92 Å². The monoisotopic (exact) mass is 504 g/mol. The molecule has 0 aromatic rings. The SMILES string of the molecule is CCCCCCCCCCCCCC[Si](C)(C)C(S(C)(=O)=O)(S(C)(=O)=O)S(C)(=O)=O. The summed E-state index contributed by atoms with van der Waals surface area (Å²) in [6.07, 6.45) is 16.0. The maximum Gasteiger partial charge on any atom is 0.256 e. The van der Waals surface area contributed by atoms with Gasteiger partial charge in [0.1, 0.15) is 8.07 Å². The molecule has 0 bridgehead atoms. The predicted molar refractivity (Wildman–Crippen MR) is 131 cm³/mol. The third-order valence-electron chi connectivity index (χ3n) is 5.95. The van der Waals surface area contributed by atoms with E-state index in [1.54, 1.807) is 13.1 Å². The zero-order chi connectivity index (χ0) is 23.7. The van der Waals surface area contributed by atoms with Crippen LogP contribution < -0.4 is 0 Å². The smallest absolute Gasteiger partial charge is 0.227 e. The van der Waals surface area contributed by atoms with Gasteiger partial charge >= 0.3 is 0 Å². The largest absolute Gasteiger partial charge is 0.256 e. The Kier molecular flexibility index (Phi) is 12.4. The van der Waals surface area contributed by atoms with Gasteiger partial charge in [-0.2, -0.15) is 0 Å². The van der Waals surface area contributed by atoms with Crippen LogP contribution in [0.1, 0.15) is 84.0 Å². The average molecular weight is 505 g/mol. The van der Waals surface area contributed by atoms with Gasteiger partial charge < -0.3 is 0 Å². The molecule has 0 aliphatic carbocycles. The Morgan fingerprint density at radius 3 is 1.07 bits per heavy atom. The molecule has 0 saturated heterocycles. The van der Waals surface area contributed by atoms with E-state index >= 15 is 0 Å². The second-order valence-electron chi connectivity index (χ2n) is 9.40. The van der Waals surface area contributed by atoms with Crippen LogP contribution in [0.15, 0.2) is 0 Å². The summed E-state index contributed by atoms with van der Waals surface area (Å²) in [4.78, 5) is 0. The van der Waals surface area contributed by atoms with Gasteiger partial charge in [0, 0.05) is 18.8 Å². The Balaban J connectivity index is 4.76. The summed E-state index contributed by atoms with van der Waals surface area (Å²) in [5.41, 5.74) is 0. The topological polar surface area (TPSA) is 102 Å². The number of unbranched alkanes of at least 4 members (excludes halogenated alkanes) is 11. The highest BCUT2D eigenvalue weighted by molar-refractivity contribution is 8.28.